The van der Waals surface area contributed by atoms with E-state index in [9.17, 15) is 8.78 Å². The van der Waals surface area contributed by atoms with Crippen LogP contribution in [0.2, 0.25) is 5.02 Å². The molecule has 0 heterocycles. The Morgan fingerprint density at radius 3 is 2.15 bits per heavy atom. The van der Waals surface area contributed by atoms with Crippen molar-refractivity contribution in [3.8, 4) is 11.1 Å². The van der Waals surface area contributed by atoms with Gasteiger partial charge < -0.3 is 0 Å². The molecule has 1 unspecified atom stereocenters. The quantitative estimate of drug-likeness (QED) is 0.467. The molecular weight excluding hydrogens is 362 g/mol. The first-order valence-electron chi connectivity index (χ1n) is 10.2. The Labute approximate surface area is 166 Å². The van der Waals surface area contributed by atoms with Crippen LogP contribution in [0.5, 0.6) is 0 Å². The highest BCUT2D eigenvalue weighted by atomic mass is 35.5. The fraction of sp³-hybridized carbons (Fsp3) is 0.500. The smallest absolute Gasteiger partial charge is 0.134 e. The highest BCUT2D eigenvalue weighted by molar-refractivity contribution is 6.30. The van der Waals surface area contributed by atoms with Gasteiger partial charge in [-0.3, -0.25) is 0 Å². The molecule has 27 heavy (non-hydrogen) atoms. The molecular formula is C24H29ClF2. The maximum Gasteiger partial charge on any atom is 0.134 e. The normalized spacial score (nSPS) is 21.2. The Hall–Kier alpha value is -1.41. The standard InChI is InChI=1S/C24H29ClF2/c1-3-4-17-5-7-19(8-6-17)16(2)13-18-14-22(26)24(23(27)15-18)20-9-11-21(25)12-10-20/h9-12,14-17,19H,3-8,13H2,1-2H3. The molecule has 0 spiro atoms. The van der Waals surface area contributed by atoms with E-state index in [1.807, 2.05) is 0 Å². The molecule has 1 saturated carbocycles. The van der Waals surface area contributed by atoms with E-state index < -0.39 is 11.6 Å². The van der Waals surface area contributed by atoms with Gasteiger partial charge in [0, 0.05) is 5.02 Å². The molecule has 2 aromatic carbocycles. The molecule has 3 rings (SSSR count). The van der Waals surface area contributed by atoms with Crippen molar-refractivity contribution in [2.24, 2.45) is 17.8 Å². The lowest BCUT2D eigenvalue weighted by atomic mass is 9.73. The van der Waals surface area contributed by atoms with Crippen molar-refractivity contribution in [2.45, 2.75) is 58.8 Å². The van der Waals surface area contributed by atoms with Crippen molar-refractivity contribution >= 4 is 11.6 Å². The summed E-state index contributed by atoms with van der Waals surface area (Å²) in [5.41, 5.74) is 1.30. The van der Waals surface area contributed by atoms with Crippen molar-refractivity contribution < 1.29 is 8.78 Å². The summed E-state index contributed by atoms with van der Waals surface area (Å²) in [7, 11) is 0. The molecule has 1 atom stereocenters. The van der Waals surface area contributed by atoms with Crippen LogP contribution in [0.25, 0.3) is 11.1 Å². The molecule has 0 nitrogen and oxygen atoms in total. The van der Waals surface area contributed by atoms with Gasteiger partial charge in [-0.15, -0.1) is 0 Å². The second kappa shape index (κ2) is 9.19. The van der Waals surface area contributed by atoms with Gasteiger partial charge >= 0.3 is 0 Å². The second-order valence-electron chi connectivity index (χ2n) is 8.19. The number of hydrogen-bond acceptors (Lipinski definition) is 0. The summed E-state index contributed by atoms with van der Waals surface area (Å²) in [5.74, 6) is 1.01. The zero-order valence-electron chi connectivity index (χ0n) is 16.3. The van der Waals surface area contributed by atoms with E-state index in [0.29, 0.717) is 22.4 Å². The lowest BCUT2D eigenvalue weighted by Crippen LogP contribution is -2.21. The fourth-order valence-corrected chi connectivity index (χ4v) is 4.75. The molecule has 1 fully saturated rings. The molecule has 3 heteroatoms. The molecule has 146 valence electrons. The molecule has 1 aliphatic rings. The molecule has 1 aliphatic carbocycles. The predicted octanol–water partition coefficient (Wildman–Crippen LogP) is 8.07. The largest absolute Gasteiger partial charge is 0.206 e. The van der Waals surface area contributed by atoms with Gasteiger partial charge in [0.05, 0.1) is 5.56 Å². The highest BCUT2D eigenvalue weighted by Crippen LogP contribution is 2.37. The molecule has 2 aromatic rings. The number of hydrogen-bond donors (Lipinski definition) is 0. The first-order chi connectivity index (χ1) is 13.0. The zero-order valence-corrected chi connectivity index (χ0v) is 17.0. The van der Waals surface area contributed by atoms with Crippen molar-refractivity contribution in [2.75, 3.05) is 0 Å². The maximum atomic E-state index is 14.7. The lowest BCUT2D eigenvalue weighted by molar-refractivity contribution is 0.206. The summed E-state index contributed by atoms with van der Waals surface area (Å²) >= 11 is 5.87. The average molecular weight is 391 g/mol. The Morgan fingerprint density at radius 2 is 1.59 bits per heavy atom. The molecule has 0 aliphatic heterocycles. The number of benzene rings is 2. The van der Waals surface area contributed by atoms with Crippen molar-refractivity contribution in [1.29, 1.82) is 0 Å². The third-order valence-electron chi connectivity index (χ3n) is 6.19. The minimum absolute atomic E-state index is 0.0307. The first-order valence-corrected chi connectivity index (χ1v) is 10.6. The van der Waals surface area contributed by atoms with E-state index in [1.54, 1.807) is 24.3 Å². The molecule has 0 amide bonds. The molecule has 0 saturated heterocycles. The number of rotatable bonds is 6. The average Bonchev–Trinajstić information content (AvgIpc) is 2.63. The van der Waals surface area contributed by atoms with Crippen LogP contribution in [0.1, 0.15) is 57.9 Å². The van der Waals surface area contributed by atoms with E-state index in [1.165, 1.54) is 50.7 Å². The summed E-state index contributed by atoms with van der Waals surface area (Å²) in [6.45, 7) is 4.49. The van der Waals surface area contributed by atoms with E-state index >= 15 is 0 Å². The SMILES string of the molecule is CCCC1CCC(C(C)Cc2cc(F)c(-c3ccc(Cl)cc3)c(F)c2)CC1. The highest BCUT2D eigenvalue weighted by Gasteiger charge is 2.25. The topological polar surface area (TPSA) is 0 Å². The zero-order chi connectivity index (χ0) is 19.4. The fourth-order valence-electron chi connectivity index (χ4n) is 4.63. The van der Waals surface area contributed by atoms with Crippen LogP contribution >= 0.6 is 11.6 Å². The van der Waals surface area contributed by atoms with Gasteiger partial charge in [0.2, 0.25) is 0 Å². The Bertz CT molecular complexity index is 722. The third-order valence-corrected chi connectivity index (χ3v) is 6.44. The first kappa shape index (κ1) is 20.3. The second-order valence-corrected chi connectivity index (χ2v) is 8.63. The Kier molecular flexibility index (Phi) is 6.92. The van der Waals surface area contributed by atoms with Crippen LogP contribution in [0.15, 0.2) is 36.4 Å². The summed E-state index contributed by atoms with van der Waals surface area (Å²) in [6.07, 6.45) is 8.45. The third kappa shape index (κ3) is 5.10. The summed E-state index contributed by atoms with van der Waals surface area (Å²) in [4.78, 5) is 0. The van der Waals surface area contributed by atoms with Gasteiger partial charge in [-0.1, -0.05) is 63.3 Å². The molecule has 0 bridgehead atoms. The van der Waals surface area contributed by atoms with Gasteiger partial charge in [-0.25, -0.2) is 8.78 Å². The molecule has 0 radical (unpaired) electrons. The monoisotopic (exact) mass is 390 g/mol. The lowest BCUT2D eigenvalue weighted by Gasteiger charge is -2.32. The van der Waals surface area contributed by atoms with Gasteiger partial charge in [-0.2, -0.15) is 0 Å². The Balaban J connectivity index is 1.68. The van der Waals surface area contributed by atoms with E-state index in [4.69, 9.17) is 11.6 Å². The summed E-state index contributed by atoms with van der Waals surface area (Å²) in [6, 6.07) is 9.63. The van der Waals surface area contributed by atoms with E-state index in [-0.39, 0.29) is 5.56 Å². The minimum atomic E-state index is -0.494. The van der Waals surface area contributed by atoms with Crippen LogP contribution < -0.4 is 0 Å². The Morgan fingerprint density at radius 1 is 1.00 bits per heavy atom. The summed E-state index contributed by atoms with van der Waals surface area (Å²) < 4.78 is 29.3. The van der Waals surface area contributed by atoms with Crippen LogP contribution in [-0.4, -0.2) is 0 Å². The van der Waals surface area contributed by atoms with Gasteiger partial charge in [0.15, 0.2) is 0 Å². The van der Waals surface area contributed by atoms with Gasteiger partial charge in [0.1, 0.15) is 11.6 Å². The van der Waals surface area contributed by atoms with E-state index in [2.05, 4.69) is 13.8 Å². The van der Waals surface area contributed by atoms with Crippen LogP contribution in [0, 0.1) is 29.4 Å². The minimum Gasteiger partial charge on any atom is -0.206 e. The van der Waals surface area contributed by atoms with E-state index in [0.717, 1.165) is 17.9 Å². The van der Waals surface area contributed by atoms with Gasteiger partial charge in [-0.05, 0) is 72.4 Å². The van der Waals surface area contributed by atoms with Crippen molar-refractivity contribution in [3.63, 3.8) is 0 Å². The number of halogens is 3. The predicted molar refractivity (Wildman–Crippen MR) is 110 cm³/mol. The van der Waals surface area contributed by atoms with Crippen molar-refractivity contribution in [3.05, 3.63) is 58.6 Å². The van der Waals surface area contributed by atoms with Gasteiger partial charge in [0.25, 0.3) is 0 Å². The van der Waals surface area contributed by atoms with Crippen LogP contribution in [0.4, 0.5) is 8.78 Å². The van der Waals surface area contributed by atoms with Crippen LogP contribution in [0.3, 0.4) is 0 Å². The van der Waals surface area contributed by atoms with Crippen molar-refractivity contribution in [1.82, 2.24) is 0 Å². The summed E-state index contributed by atoms with van der Waals surface area (Å²) in [5, 5.41) is 0.554. The molecule has 0 N–H and O–H groups in total. The molecule has 0 aromatic heterocycles. The van der Waals surface area contributed by atoms with Crippen LogP contribution in [-0.2, 0) is 6.42 Å². The maximum absolute atomic E-state index is 14.7.